The van der Waals surface area contributed by atoms with Crippen molar-refractivity contribution in [2.24, 2.45) is 0 Å². The standard InChI is InChI=1S/C26H25F2N5O/c1-16-21(28)3-2-4-22(16)31-26-29-14-13-23(32-26)24-15-30-25(17-5-7-18(27)8-6-17)33(24)19-9-11-20(34)12-10-19/h2-8,13-15,19-20,34H,9-12H2,1H3,(H,29,31,32). The van der Waals surface area contributed by atoms with Crippen molar-refractivity contribution in [2.75, 3.05) is 5.32 Å². The predicted octanol–water partition coefficient (Wildman–Crippen LogP) is 5.81. The Bertz CT molecular complexity index is 1300. The molecule has 2 N–H and O–H groups in total. The molecule has 2 aromatic carbocycles. The lowest BCUT2D eigenvalue weighted by Gasteiger charge is -2.29. The Kier molecular flexibility index (Phi) is 6.06. The molecule has 1 fully saturated rings. The quantitative estimate of drug-likeness (QED) is 0.392. The molecule has 1 aliphatic rings. The van der Waals surface area contributed by atoms with Gasteiger partial charge in [-0.3, -0.25) is 0 Å². The van der Waals surface area contributed by atoms with Crippen molar-refractivity contribution in [1.29, 1.82) is 0 Å². The zero-order valence-electron chi connectivity index (χ0n) is 18.7. The molecule has 0 bridgehead atoms. The van der Waals surface area contributed by atoms with Crippen LogP contribution in [0.4, 0.5) is 20.4 Å². The van der Waals surface area contributed by atoms with Crippen LogP contribution < -0.4 is 5.32 Å². The van der Waals surface area contributed by atoms with Gasteiger partial charge in [0.1, 0.15) is 17.5 Å². The van der Waals surface area contributed by atoms with E-state index >= 15 is 0 Å². The molecule has 5 rings (SSSR count). The summed E-state index contributed by atoms with van der Waals surface area (Å²) in [5, 5.41) is 13.1. The van der Waals surface area contributed by atoms with E-state index in [9.17, 15) is 13.9 Å². The first-order chi connectivity index (χ1) is 16.5. The van der Waals surface area contributed by atoms with Crippen LogP contribution in [0.15, 0.2) is 60.9 Å². The van der Waals surface area contributed by atoms with Gasteiger partial charge >= 0.3 is 0 Å². The van der Waals surface area contributed by atoms with Crippen LogP contribution in [0.25, 0.3) is 22.8 Å². The van der Waals surface area contributed by atoms with E-state index < -0.39 is 0 Å². The first-order valence-electron chi connectivity index (χ1n) is 11.4. The molecule has 4 aromatic rings. The van der Waals surface area contributed by atoms with Gasteiger partial charge in [-0.25, -0.2) is 23.7 Å². The van der Waals surface area contributed by atoms with Gasteiger partial charge in [-0.2, -0.15) is 0 Å². The van der Waals surface area contributed by atoms with Crippen LogP contribution in [0, 0.1) is 18.6 Å². The minimum absolute atomic E-state index is 0.123. The number of nitrogens with zero attached hydrogens (tertiary/aromatic N) is 4. The molecule has 0 amide bonds. The van der Waals surface area contributed by atoms with Gasteiger partial charge in [-0.1, -0.05) is 6.07 Å². The second-order valence-electron chi connectivity index (χ2n) is 8.61. The molecular formula is C26H25F2N5O. The predicted molar refractivity (Wildman–Crippen MR) is 127 cm³/mol. The van der Waals surface area contributed by atoms with Crippen LogP contribution in [-0.2, 0) is 0 Å². The molecule has 1 aliphatic carbocycles. The number of hydrogen-bond acceptors (Lipinski definition) is 5. The van der Waals surface area contributed by atoms with E-state index in [1.165, 1.54) is 18.2 Å². The smallest absolute Gasteiger partial charge is 0.227 e. The van der Waals surface area contributed by atoms with Gasteiger partial charge in [0.2, 0.25) is 5.95 Å². The van der Waals surface area contributed by atoms with E-state index in [1.54, 1.807) is 43.6 Å². The summed E-state index contributed by atoms with van der Waals surface area (Å²) in [4.78, 5) is 13.7. The van der Waals surface area contributed by atoms with Crippen molar-refractivity contribution >= 4 is 11.6 Å². The fourth-order valence-corrected chi connectivity index (χ4v) is 4.47. The summed E-state index contributed by atoms with van der Waals surface area (Å²) in [7, 11) is 0. The Morgan fingerprint density at radius 1 is 0.971 bits per heavy atom. The van der Waals surface area contributed by atoms with Gasteiger partial charge in [0.25, 0.3) is 0 Å². The van der Waals surface area contributed by atoms with Gasteiger partial charge in [0.15, 0.2) is 0 Å². The maximum absolute atomic E-state index is 14.0. The summed E-state index contributed by atoms with van der Waals surface area (Å²) in [6.07, 6.45) is 6.15. The van der Waals surface area contributed by atoms with Gasteiger partial charge in [0.05, 0.1) is 23.7 Å². The van der Waals surface area contributed by atoms with E-state index in [0.717, 1.165) is 29.9 Å². The summed E-state index contributed by atoms with van der Waals surface area (Å²) >= 11 is 0. The number of aliphatic hydroxyl groups excluding tert-OH is 1. The molecule has 0 unspecified atom stereocenters. The first-order valence-corrected chi connectivity index (χ1v) is 11.4. The highest BCUT2D eigenvalue weighted by atomic mass is 19.1. The van der Waals surface area contributed by atoms with Crippen molar-refractivity contribution < 1.29 is 13.9 Å². The van der Waals surface area contributed by atoms with Crippen LogP contribution in [0.5, 0.6) is 0 Å². The van der Waals surface area contributed by atoms with Crippen LogP contribution in [-0.4, -0.2) is 30.7 Å². The second kappa shape index (κ2) is 9.30. The first kappa shape index (κ1) is 22.2. The van der Waals surface area contributed by atoms with Crippen LogP contribution >= 0.6 is 0 Å². The SMILES string of the molecule is Cc1c(F)cccc1Nc1nccc(-c2cnc(-c3ccc(F)cc3)n2C2CCC(O)CC2)n1. The average Bonchev–Trinajstić information content (AvgIpc) is 3.28. The molecular weight excluding hydrogens is 436 g/mol. The Labute approximate surface area is 196 Å². The van der Waals surface area contributed by atoms with Gasteiger partial charge < -0.3 is 15.0 Å². The third kappa shape index (κ3) is 4.41. The highest BCUT2D eigenvalue weighted by Crippen LogP contribution is 2.37. The molecule has 0 aliphatic heterocycles. The summed E-state index contributed by atoms with van der Waals surface area (Å²) in [6, 6.07) is 13.0. The number of hydrogen-bond donors (Lipinski definition) is 2. The van der Waals surface area contributed by atoms with E-state index in [2.05, 4.69) is 24.8 Å². The Balaban J connectivity index is 1.55. The lowest BCUT2D eigenvalue weighted by atomic mass is 9.92. The molecule has 34 heavy (non-hydrogen) atoms. The maximum atomic E-state index is 14.0. The molecule has 8 heteroatoms. The van der Waals surface area contributed by atoms with Crippen molar-refractivity contribution in [1.82, 2.24) is 19.5 Å². The van der Waals surface area contributed by atoms with E-state index in [4.69, 9.17) is 0 Å². The molecule has 0 radical (unpaired) electrons. The van der Waals surface area contributed by atoms with Gasteiger partial charge in [-0.05, 0) is 75.1 Å². The Hall–Kier alpha value is -3.65. The van der Waals surface area contributed by atoms with Gasteiger partial charge in [0, 0.05) is 29.1 Å². The minimum atomic E-state index is -0.304. The van der Waals surface area contributed by atoms with Crippen molar-refractivity contribution in [3.8, 4) is 22.8 Å². The van der Waals surface area contributed by atoms with Crippen LogP contribution in [0.1, 0.15) is 37.3 Å². The highest BCUT2D eigenvalue weighted by molar-refractivity contribution is 5.66. The number of aliphatic hydroxyl groups is 1. The van der Waals surface area contributed by atoms with Gasteiger partial charge in [-0.15, -0.1) is 0 Å². The second-order valence-corrected chi connectivity index (χ2v) is 8.61. The lowest BCUT2D eigenvalue weighted by molar-refractivity contribution is 0.111. The third-order valence-corrected chi connectivity index (χ3v) is 6.36. The molecule has 2 heterocycles. The number of aromatic nitrogens is 4. The Morgan fingerprint density at radius 3 is 2.50 bits per heavy atom. The third-order valence-electron chi connectivity index (χ3n) is 6.36. The largest absolute Gasteiger partial charge is 0.393 e. The summed E-state index contributed by atoms with van der Waals surface area (Å²) in [6.45, 7) is 1.70. The van der Waals surface area contributed by atoms with Crippen LogP contribution in [0.3, 0.4) is 0 Å². The van der Waals surface area contributed by atoms with E-state index in [1.807, 2.05) is 6.07 Å². The summed E-state index contributed by atoms with van der Waals surface area (Å²) < 4.78 is 29.7. The zero-order valence-corrected chi connectivity index (χ0v) is 18.7. The van der Waals surface area contributed by atoms with Crippen molar-refractivity contribution in [3.05, 3.63) is 78.1 Å². The van der Waals surface area contributed by atoms with E-state index in [0.29, 0.717) is 35.7 Å². The highest BCUT2D eigenvalue weighted by Gasteiger charge is 2.26. The zero-order chi connectivity index (χ0) is 23.7. The molecule has 2 aromatic heterocycles. The number of nitrogens with one attached hydrogen (secondary N) is 1. The van der Waals surface area contributed by atoms with E-state index in [-0.39, 0.29) is 23.8 Å². The Morgan fingerprint density at radius 2 is 1.74 bits per heavy atom. The summed E-state index contributed by atoms with van der Waals surface area (Å²) in [5.41, 5.74) is 3.36. The molecule has 0 atom stereocenters. The fourth-order valence-electron chi connectivity index (χ4n) is 4.47. The number of rotatable bonds is 5. The molecule has 6 nitrogen and oxygen atoms in total. The molecule has 1 saturated carbocycles. The number of halogens is 2. The minimum Gasteiger partial charge on any atom is -0.393 e. The van der Waals surface area contributed by atoms with Crippen LogP contribution in [0.2, 0.25) is 0 Å². The lowest BCUT2D eigenvalue weighted by Crippen LogP contribution is -2.22. The normalized spacial score (nSPS) is 18.1. The molecule has 0 saturated heterocycles. The molecule has 174 valence electrons. The molecule has 0 spiro atoms. The topological polar surface area (TPSA) is 75.9 Å². The van der Waals surface area contributed by atoms with Crippen molar-refractivity contribution in [3.63, 3.8) is 0 Å². The number of benzene rings is 2. The number of anilines is 2. The maximum Gasteiger partial charge on any atom is 0.227 e. The monoisotopic (exact) mass is 461 g/mol. The average molecular weight is 462 g/mol. The van der Waals surface area contributed by atoms with Crippen molar-refractivity contribution in [2.45, 2.75) is 44.8 Å². The summed E-state index contributed by atoms with van der Waals surface area (Å²) in [5.74, 6) is 0.469. The fraction of sp³-hybridized carbons (Fsp3) is 0.269. The number of imidazole rings is 1.